The van der Waals surface area contributed by atoms with Gasteiger partial charge in [-0.15, -0.1) is 0 Å². The first-order valence-corrected chi connectivity index (χ1v) is 7.78. The molecule has 5 heteroatoms. The Bertz CT molecular complexity index is 645. The molecule has 0 atom stereocenters. The molecule has 110 valence electrons. The molecular weight excluding hydrogens is 332 g/mol. The van der Waals surface area contributed by atoms with E-state index in [4.69, 9.17) is 10.2 Å². The summed E-state index contributed by atoms with van der Waals surface area (Å²) in [5.74, 6) is 0.507. The van der Waals surface area contributed by atoms with Crippen LogP contribution in [0.25, 0.3) is 0 Å². The summed E-state index contributed by atoms with van der Waals surface area (Å²) in [6.45, 7) is 0.297. The van der Waals surface area contributed by atoms with Crippen LogP contribution < -0.4 is 11.1 Å². The first kappa shape index (κ1) is 14.4. The monoisotopic (exact) mass is 348 g/mol. The fraction of sp³-hybridized carbons (Fsp3) is 0.312. The smallest absolute Gasteiger partial charge is 0.255 e. The number of nitrogens with two attached hydrogens (primary N) is 1. The van der Waals surface area contributed by atoms with Crippen molar-refractivity contribution in [3.63, 3.8) is 0 Å². The van der Waals surface area contributed by atoms with Crippen molar-refractivity contribution in [3.8, 4) is 0 Å². The lowest BCUT2D eigenvalue weighted by Crippen LogP contribution is -2.50. The van der Waals surface area contributed by atoms with Crippen molar-refractivity contribution in [2.75, 3.05) is 0 Å². The molecule has 1 aliphatic carbocycles. The lowest BCUT2D eigenvalue weighted by molar-refractivity contribution is 0.0822. The molecule has 0 aliphatic heterocycles. The van der Waals surface area contributed by atoms with Crippen LogP contribution in [0.2, 0.25) is 0 Å². The normalized spacial score (nSPS) is 16.3. The van der Waals surface area contributed by atoms with Crippen molar-refractivity contribution in [1.82, 2.24) is 5.32 Å². The maximum atomic E-state index is 12.4. The molecule has 1 saturated carbocycles. The summed E-state index contributed by atoms with van der Waals surface area (Å²) in [5.41, 5.74) is 6.92. The van der Waals surface area contributed by atoms with Crippen LogP contribution >= 0.6 is 15.9 Å². The predicted molar refractivity (Wildman–Crippen MR) is 83.7 cm³/mol. The summed E-state index contributed by atoms with van der Waals surface area (Å²) < 4.78 is 6.27. The van der Waals surface area contributed by atoms with Gasteiger partial charge < -0.3 is 15.5 Å². The van der Waals surface area contributed by atoms with Crippen molar-refractivity contribution >= 4 is 21.8 Å². The fourth-order valence-corrected chi connectivity index (χ4v) is 2.95. The van der Waals surface area contributed by atoms with E-state index in [9.17, 15) is 4.79 Å². The standard InChI is InChI=1S/C16H17BrN2O2/c17-13-4-2-12(3-5-13)16(6-1-7-16)19-15(20)11-8-14(9-18)21-10-11/h2-5,8,10H,1,6-7,9,18H2,(H,19,20). The van der Waals surface area contributed by atoms with Crippen molar-refractivity contribution in [1.29, 1.82) is 0 Å². The topological polar surface area (TPSA) is 68.3 Å². The molecule has 1 heterocycles. The van der Waals surface area contributed by atoms with Gasteiger partial charge in [-0.1, -0.05) is 28.1 Å². The summed E-state index contributed by atoms with van der Waals surface area (Å²) in [4.78, 5) is 12.4. The van der Waals surface area contributed by atoms with Gasteiger partial charge in [0.2, 0.25) is 0 Å². The number of hydrogen-bond acceptors (Lipinski definition) is 3. The van der Waals surface area contributed by atoms with E-state index >= 15 is 0 Å². The van der Waals surface area contributed by atoms with Crippen LogP contribution in [0.1, 0.15) is 40.9 Å². The molecule has 0 saturated heterocycles. The van der Waals surface area contributed by atoms with Gasteiger partial charge in [-0.2, -0.15) is 0 Å². The van der Waals surface area contributed by atoms with E-state index in [-0.39, 0.29) is 11.4 Å². The Morgan fingerprint density at radius 2 is 2.05 bits per heavy atom. The SMILES string of the molecule is NCc1cc(C(=O)NC2(c3ccc(Br)cc3)CCC2)co1. The first-order chi connectivity index (χ1) is 10.1. The third-order valence-electron chi connectivity index (χ3n) is 4.07. The molecule has 1 aromatic heterocycles. The molecule has 1 amide bonds. The number of benzene rings is 1. The third kappa shape index (κ3) is 2.76. The van der Waals surface area contributed by atoms with Gasteiger partial charge in [0.1, 0.15) is 12.0 Å². The summed E-state index contributed by atoms with van der Waals surface area (Å²) in [5, 5.41) is 3.16. The number of furan rings is 1. The molecule has 4 nitrogen and oxygen atoms in total. The van der Waals surface area contributed by atoms with Gasteiger partial charge in [0.25, 0.3) is 5.91 Å². The van der Waals surface area contributed by atoms with E-state index in [0.717, 1.165) is 29.3 Å². The van der Waals surface area contributed by atoms with E-state index in [1.165, 1.54) is 6.26 Å². The zero-order valence-electron chi connectivity index (χ0n) is 11.6. The highest BCUT2D eigenvalue weighted by Crippen LogP contribution is 2.41. The molecule has 1 fully saturated rings. The summed E-state index contributed by atoms with van der Waals surface area (Å²) in [6.07, 6.45) is 4.51. The van der Waals surface area contributed by atoms with Crippen molar-refractivity contribution in [2.45, 2.75) is 31.3 Å². The molecule has 0 bridgehead atoms. The van der Waals surface area contributed by atoms with Gasteiger partial charge in [-0.25, -0.2) is 0 Å². The number of hydrogen-bond donors (Lipinski definition) is 2. The highest BCUT2D eigenvalue weighted by molar-refractivity contribution is 9.10. The van der Waals surface area contributed by atoms with Gasteiger partial charge in [-0.05, 0) is 43.0 Å². The second kappa shape index (κ2) is 5.66. The van der Waals surface area contributed by atoms with Crippen LogP contribution in [0.4, 0.5) is 0 Å². The first-order valence-electron chi connectivity index (χ1n) is 6.99. The van der Waals surface area contributed by atoms with Crippen LogP contribution in [0.5, 0.6) is 0 Å². The van der Waals surface area contributed by atoms with Gasteiger partial charge in [0.05, 0.1) is 17.6 Å². The zero-order valence-corrected chi connectivity index (χ0v) is 13.2. The average Bonchev–Trinajstić information content (AvgIpc) is 2.93. The van der Waals surface area contributed by atoms with Crippen LogP contribution in [0, 0.1) is 0 Å². The highest BCUT2D eigenvalue weighted by atomic mass is 79.9. The molecule has 1 aliphatic rings. The van der Waals surface area contributed by atoms with Crippen molar-refractivity contribution in [3.05, 3.63) is 58.0 Å². The summed E-state index contributed by atoms with van der Waals surface area (Å²) in [6, 6.07) is 9.83. The molecular formula is C16H17BrN2O2. The Labute approximate surface area is 131 Å². The largest absolute Gasteiger partial charge is 0.467 e. The van der Waals surface area contributed by atoms with E-state index in [2.05, 4.69) is 33.4 Å². The molecule has 0 unspecified atom stereocenters. The van der Waals surface area contributed by atoms with E-state index in [1.807, 2.05) is 12.1 Å². The average molecular weight is 349 g/mol. The maximum Gasteiger partial charge on any atom is 0.255 e. The number of amides is 1. The molecule has 3 rings (SSSR count). The summed E-state index contributed by atoms with van der Waals surface area (Å²) in [7, 11) is 0. The Kier molecular flexibility index (Phi) is 3.87. The summed E-state index contributed by atoms with van der Waals surface area (Å²) >= 11 is 3.44. The fourth-order valence-electron chi connectivity index (χ4n) is 2.68. The second-order valence-corrected chi connectivity index (χ2v) is 6.32. The minimum absolute atomic E-state index is 0.110. The van der Waals surface area contributed by atoms with Crippen LogP contribution in [0.3, 0.4) is 0 Å². The minimum atomic E-state index is -0.252. The second-order valence-electron chi connectivity index (χ2n) is 5.40. The molecule has 0 spiro atoms. The van der Waals surface area contributed by atoms with Gasteiger partial charge in [0, 0.05) is 4.47 Å². The zero-order chi connectivity index (χ0) is 14.9. The molecule has 0 radical (unpaired) electrons. The lowest BCUT2D eigenvalue weighted by Gasteiger charge is -2.43. The van der Waals surface area contributed by atoms with Crippen LogP contribution in [0.15, 0.2) is 45.5 Å². The minimum Gasteiger partial charge on any atom is -0.467 e. The molecule has 2 aromatic rings. The maximum absolute atomic E-state index is 12.4. The Balaban J connectivity index is 1.80. The number of carbonyl (C=O) groups is 1. The van der Waals surface area contributed by atoms with Crippen molar-refractivity contribution < 1.29 is 9.21 Å². The number of halogens is 1. The molecule has 21 heavy (non-hydrogen) atoms. The predicted octanol–water partition coefficient (Wildman–Crippen LogP) is 3.31. The Hall–Kier alpha value is -1.59. The van der Waals surface area contributed by atoms with Crippen LogP contribution in [-0.4, -0.2) is 5.91 Å². The Morgan fingerprint density at radius 1 is 1.33 bits per heavy atom. The van der Waals surface area contributed by atoms with E-state index < -0.39 is 0 Å². The molecule has 1 aromatic carbocycles. The van der Waals surface area contributed by atoms with E-state index in [1.54, 1.807) is 6.07 Å². The Morgan fingerprint density at radius 3 is 2.57 bits per heavy atom. The quantitative estimate of drug-likeness (QED) is 0.890. The van der Waals surface area contributed by atoms with E-state index in [0.29, 0.717) is 17.9 Å². The number of rotatable bonds is 4. The number of carbonyl (C=O) groups excluding carboxylic acids is 1. The lowest BCUT2D eigenvalue weighted by atomic mass is 9.71. The van der Waals surface area contributed by atoms with Gasteiger partial charge >= 0.3 is 0 Å². The van der Waals surface area contributed by atoms with Crippen molar-refractivity contribution in [2.24, 2.45) is 5.73 Å². The molecule has 3 N–H and O–H groups in total. The van der Waals surface area contributed by atoms with Gasteiger partial charge in [-0.3, -0.25) is 4.79 Å². The highest BCUT2D eigenvalue weighted by Gasteiger charge is 2.40. The van der Waals surface area contributed by atoms with Crippen LogP contribution in [-0.2, 0) is 12.1 Å². The van der Waals surface area contributed by atoms with Gasteiger partial charge in [0.15, 0.2) is 0 Å². The third-order valence-corrected chi connectivity index (χ3v) is 4.60. The number of nitrogens with one attached hydrogen (secondary N) is 1.